The predicted octanol–water partition coefficient (Wildman–Crippen LogP) is 24.3. The first kappa shape index (κ1) is 61.2. The predicted molar refractivity (Wildman–Crippen MR) is 361 cm³/mol. The molecular formula is C72H86Br2O4S4. The van der Waals surface area contributed by atoms with E-state index >= 15 is 0 Å². The molecular weight excluding hydrogens is 1220 g/mol. The van der Waals surface area contributed by atoms with E-state index in [-0.39, 0.29) is 0 Å². The molecule has 436 valence electrons. The molecule has 0 radical (unpaired) electrons. The topological polar surface area (TPSA) is 36.9 Å². The number of thiophene rings is 4. The molecule has 0 atom stereocenters. The average molecular weight is 1300 g/mol. The Bertz CT molecular complexity index is 2960. The number of benzene rings is 4. The Labute approximate surface area is 524 Å². The van der Waals surface area contributed by atoms with E-state index < -0.39 is 10.8 Å². The number of fused-ring (bicyclic) bond motifs is 9. The highest BCUT2D eigenvalue weighted by atomic mass is 79.9. The van der Waals surface area contributed by atoms with Gasteiger partial charge in [0.1, 0.15) is 23.0 Å². The third kappa shape index (κ3) is 13.2. The maximum absolute atomic E-state index is 6.76. The van der Waals surface area contributed by atoms with Gasteiger partial charge in [0, 0.05) is 11.1 Å². The maximum atomic E-state index is 6.76. The Hall–Kier alpha value is -3.90. The molecule has 0 spiro atoms. The van der Waals surface area contributed by atoms with Crippen molar-refractivity contribution < 1.29 is 18.9 Å². The highest BCUT2D eigenvalue weighted by molar-refractivity contribution is 9.11. The van der Waals surface area contributed by atoms with Gasteiger partial charge in [0.2, 0.25) is 0 Å². The second-order valence-corrected chi connectivity index (χ2v) is 29.8. The third-order valence-electron chi connectivity index (χ3n) is 17.0. The summed E-state index contributed by atoms with van der Waals surface area (Å²) < 4.78 is 32.0. The minimum Gasteiger partial charge on any atom is -0.494 e. The first-order valence-corrected chi connectivity index (χ1v) is 36.4. The van der Waals surface area contributed by atoms with Gasteiger partial charge in [0.25, 0.3) is 0 Å². The molecule has 4 heterocycles. The van der Waals surface area contributed by atoms with Crippen LogP contribution in [0.25, 0.3) is 28.9 Å². The van der Waals surface area contributed by atoms with Crippen molar-refractivity contribution in [1.82, 2.24) is 0 Å². The molecule has 0 unspecified atom stereocenters. The van der Waals surface area contributed by atoms with Crippen molar-refractivity contribution in [2.45, 2.75) is 193 Å². The van der Waals surface area contributed by atoms with Crippen LogP contribution in [0, 0.1) is 0 Å². The minimum absolute atomic E-state index is 0.667. The van der Waals surface area contributed by atoms with Crippen LogP contribution >= 0.6 is 77.2 Å². The third-order valence-corrected chi connectivity index (χ3v) is 23.2. The summed E-state index contributed by atoms with van der Waals surface area (Å²) in [5, 5.41) is 0. The summed E-state index contributed by atoms with van der Waals surface area (Å²) in [6, 6.07) is 41.3. The number of hydrogen-bond acceptors (Lipinski definition) is 8. The second kappa shape index (κ2) is 29.9. The Morgan fingerprint density at radius 2 is 0.585 bits per heavy atom. The van der Waals surface area contributed by atoms with Crippen LogP contribution in [0.4, 0.5) is 0 Å². The molecule has 0 fully saturated rings. The number of halogens is 2. The summed E-state index contributed by atoms with van der Waals surface area (Å²) in [4.78, 5) is 5.36. The Kier molecular flexibility index (Phi) is 22.4. The zero-order chi connectivity index (χ0) is 56.7. The van der Waals surface area contributed by atoms with E-state index in [1.807, 2.05) is 45.3 Å². The number of unbranched alkanes of at least 4 members (excludes halogenated alkanes) is 20. The fourth-order valence-corrected chi connectivity index (χ4v) is 19.6. The molecule has 0 bridgehead atoms. The molecule has 10 rings (SSSR count). The van der Waals surface area contributed by atoms with E-state index in [1.165, 1.54) is 202 Å². The largest absolute Gasteiger partial charge is 0.494 e. The van der Waals surface area contributed by atoms with Crippen LogP contribution in [-0.2, 0) is 10.8 Å². The first-order chi connectivity index (χ1) is 40.4. The molecule has 0 amide bonds. The Balaban J connectivity index is 1.13. The van der Waals surface area contributed by atoms with E-state index in [2.05, 4.69) is 169 Å². The SMILES string of the molecule is CCCCCCCCOc1cccc(C2(c3cccc(OCCCCCCCC)c3)c3cc(Br)sc3-c3sc4c5c(sc4c32)-c2sc(Br)cc2C5(c2cccc(OCCCCCCCC)c2)c2cccc(OCCCCCCCC)c2)c1. The van der Waals surface area contributed by atoms with E-state index in [4.69, 9.17) is 18.9 Å². The van der Waals surface area contributed by atoms with Gasteiger partial charge in [-0.2, -0.15) is 0 Å². The van der Waals surface area contributed by atoms with Crippen molar-refractivity contribution in [1.29, 1.82) is 0 Å². The van der Waals surface area contributed by atoms with Gasteiger partial charge in [-0.15, -0.1) is 45.3 Å². The second-order valence-electron chi connectivity index (χ2n) is 22.9. The Morgan fingerprint density at radius 3 is 0.866 bits per heavy atom. The molecule has 8 aromatic rings. The summed E-state index contributed by atoms with van der Waals surface area (Å²) >= 11 is 15.9. The normalized spacial score (nSPS) is 13.6. The van der Waals surface area contributed by atoms with Crippen LogP contribution in [0.2, 0.25) is 0 Å². The quantitative estimate of drug-likeness (QED) is 0.0367. The van der Waals surface area contributed by atoms with Crippen LogP contribution in [0.1, 0.15) is 226 Å². The summed E-state index contributed by atoms with van der Waals surface area (Å²) in [6.07, 6.45) is 29.5. The smallest absolute Gasteiger partial charge is 0.119 e. The minimum atomic E-state index is -0.667. The van der Waals surface area contributed by atoms with Crippen molar-refractivity contribution in [3.05, 3.63) is 161 Å². The molecule has 0 aliphatic heterocycles. The van der Waals surface area contributed by atoms with Crippen LogP contribution in [0.3, 0.4) is 0 Å². The van der Waals surface area contributed by atoms with Crippen molar-refractivity contribution >= 4 is 86.6 Å². The monoisotopic (exact) mass is 1300 g/mol. The van der Waals surface area contributed by atoms with Crippen molar-refractivity contribution in [2.75, 3.05) is 26.4 Å². The Morgan fingerprint density at radius 1 is 0.317 bits per heavy atom. The van der Waals surface area contributed by atoms with Crippen LogP contribution in [-0.4, -0.2) is 26.4 Å². The van der Waals surface area contributed by atoms with Gasteiger partial charge >= 0.3 is 0 Å². The molecule has 2 aliphatic rings. The van der Waals surface area contributed by atoms with E-state index in [0.717, 1.165) is 56.3 Å². The molecule has 4 aromatic heterocycles. The van der Waals surface area contributed by atoms with Crippen molar-refractivity contribution in [3.8, 4) is 42.5 Å². The zero-order valence-corrected chi connectivity index (χ0v) is 55.7. The molecule has 4 nitrogen and oxygen atoms in total. The van der Waals surface area contributed by atoms with Gasteiger partial charge in [-0.3, -0.25) is 0 Å². The first-order valence-electron chi connectivity index (χ1n) is 31.5. The van der Waals surface area contributed by atoms with Gasteiger partial charge in [0.15, 0.2) is 0 Å². The standard InChI is InChI=1S/C72H86Br2O4S4/c1-5-9-13-17-21-25-41-75-55-37-29-33-51(45-55)71(52-34-30-38-56(46-52)76-42-26-22-18-14-10-6-2)59-49-61(73)79-65(59)67-63(71)69-70(81-67)64-68(82-69)66-60(50-62(74)80-66)72(64,53-35-31-39-57(47-53)77-43-27-23-19-15-11-7-3)54-36-32-40-58(48-54)78-44-28-24-20-16-12-8-4/h29-40,45-50H,5-28,41-44H2,1-4H3. The lowest BCUT2D eigenvalue weighted by molar-refractivity contribution is 0.303. The van der Waals surface area contributed by atoms with Crippen molar-refractivity contribution in [3.63, 3.8) is 0 Å². The van der Waals surface area contributed by atoms with Crippen LogP contribution in [0.15, 0.2) is 117 Å². The van der Waals surface area contributed by atoms with E-state index in [9.17, 15) is 0 Å². The summed E-state index contributed by atoms with van der Waals surface area (Å²) in [7, 11) is 0. The number of rotatable bonds is 36. The fraction of sp³-hybridized carbons (Fsp3) is 0.472. The lowest BCUT2D eigenvalue weighted by atomic mass is 9.67. The van der Waals surface area contributed by atoms with Gasteiger partial charge in [-0.25, -0.2) is 0 Å². The fourth-order valence-electron chi connectivity index (χ4n) is 12.9. The number of hydrogen-bond donors (Lipinski definition) is 0. The lowest BCUT2D eigenvalue weighted by Gasteiger charge is -2.34. The van der Waals surface area contributed by atoms with E-state index in [0.29, 0.717) is 26.4 Å². The van der Waals surface area contributed by atoms with Gasteiger partial charge in [0.05, 0.1) is 73.7 Å². The molecule has 0 N–H and O–H groups in total. The average Bonchev–Trinajstić information content (AvgIpc) is 1.63. The molecule has 0 saturated carbocycles. The van der Waals surface area contributed by atoms with E-state index in [1.54, 1.807) is 0 Å². The molecule has 0 saturated heterocycles. The van der Waals surface area contributed by atoms with Gasteiger partial charge in [-0.05, 0) is 152 Å². The lowest BCUT2D eigenvalue weighted by Crippen LogP contribution is -2.29. The number of ether oxygens (including phenoxy) is 4. The molecule has 10 heteroatoms. The zero-order valence-electron chi connectivity index (χ0n) is 49.2. The van der Waals surface area contributed by atoms with Gasteiger partial charge < -0.3 is 18.9 Å². The molecule has 2 aliphatic carbocycles. The highest BCUT2D eigenvalue weighted by Crippen LogP contribution is 2.70. The van der Waals surface area contributed by atoms with Crippen LogP contribution < -0.4 is 18.9 Å². The summed E-state index contributed by atoms with van der Waals surface area (Å²) in [5.74, 6) is 3.70. The molecule has 82 heavy (non-hydrogen) atoms. The molecule has 4 aromatic carbocycles. The van der Waals surface area contributed by atoms with Crippen molar-refractivity contribution in [2.24, 2.45) is 0 Å². The summed E-state index contributed by atoms with van der Waals surface area (Å²) in [5.41, 5.74) is 8.92. The van der Waals surface area contributed by atoms with Crippen LogP contribution in [0.5, 0.6) is 23.0 Å². The maximum Gasteiger partial charge on any atom is 0.119 e. The summed E-state index contributed by atoms with van der Waals surface area (Å²) in [6.45, 7) is 12.0. The van der Waals surface area contributed by atoms with Gasteiger partial charge in [-0.1, -0.05) is 205 Å². The highest BCUT2D eigenvalue weighted by Gasteiger charge is 2.55.